The molecule has 7 heteroatoms. The van der Waals surface area contributed by atoms with E-state index in [0.717, 1.165) is 17.7 Å². The lowest BCUT2D eigenvalue weighted by Gasteiger charge is -2.35. The van der Waals surface area contributed by atoms with Gasteiger partial charge in [0.1, 0.15) is 11.4 Å². The largest absolute Gasteiger partial charge is 0.497 e. The maximum Gasteiger partial charge on any atom is 0.410 e. The van der Waals surface area contributed by atoms with Gasteiger partial charge in [0.15, 0.2) is 0 Å². The van der Waals surface area contributed by atoms with Crippen molar-refractivity contribution in [1.82, 2.24) is 15.1 Å². The van der Waals surface area contributed by atoms with Gasteiger partial charge in [0.05, 0.1) is 7.11 Å². The van der Waals surface area contributed by atoms with E-state index in [9.17, 15) is 9.59 Å². The number of methoxy groups -OCH3 is 1. The summed E-state index contributed by atoms with van der Waals surface area (Å²) >= 11 is 0. The minimum atomic E-state index is -0.508. The van der Waals surface area contributed by atoms with Crippen LogP contribution in [0.5, 0.6) is 5.75 Å². The van der Waals surface area contributed by atoms with Gasteiger partial charge in [-0.05, 0) is 44.9 Å². The van der Waals surface area contributed by atoms with Crippen LogP contribution < -0.4 is 10.1 Å². The summed E-state index contributed by atoms with van der Waals surface area (Å²) in [5.41, 5.74) is 0.602. The molecule has 3 amide bonds. The highest BCUT2D eigenvalue weighted by Crippen LogP contribution is 2.13. The van der Waals surface area contributed by atoms with E-state index >= 15 is 0 Å². The third kappa shape index (κ3) is 6.13. The molecule has 1 aliphatic heterocycles. The molecule has 7 nitrogen and oxygen atoms in total. The predicted molar refractivity (Wildman–Crippen MR) is 99.5 cm³/mol. The normalized spacial score (nSPS) is 14.8. The van der Waals surface area contributed by atoms with Crippen molar-refractivity contribution >= 4 is 12.1 Å². The molecular weight excluding hydrogens is 334 g/mol. The smallest absolute Gasteiger partial charge is 0.410 e. The van der Waals surface area contributed by atoms with Gasteiger partial charge in [-0.2, -0.15) is 0 Å². The van der Waals surface area contributed by atoms with Gasteiger partial charge >= 0.3 is 12.1 Å². The van der Waals surface area contributed by atoms with Crippen LogP contribution in [-0.2, 0) is 11.2 Å². The van der Waals surface area contributed by atoms with Gasteiger partial charge in [-0.15, -0.1) is 0 Å². The Kier molecular flexibility index (Phi) is 6.71. The number of amides is 3. The Labute approximate surface area is 155 Å². The molecule has 1 aromatic carbocycles. The van der Waals surface area contributed by atoms with Crippen molar-refractivity contribution in [3.8, 4) is 5.75 Å². The molecule has 2 rings (SSSR count). The molecule has 1 aliphatic rings. The maximum absolute atomic E-state index is 12.3. The number of nitrogens with one attached hydrogen (secondary N) is 1. The highest BCUT2D eigenvalue weighted by atomic mass is 16.6. The fraction of sp³-hybridized carbons (Fsp3) is 0.579. The lowest BCUT2D eigenvalue weighted by molar-refractivity contribution is 0.0170. The zero-order valence-corrected chi connectivity index (χ0v) is 16.1. The molecule has 1 aromatic rings. The summed E-state index contributed by atoms with van der Waals surface area (Å²) in [4.78, 5) is 27.7. The average Bonchev–Trinajstić information content (AvgIpc) is 2.60. The fourth-order valence-electron chi connectivity index (χ4n) is 2.67. The van der Waals surface area contributed by atoms with Crippen molar-refractivity contribution in [2.75, 3.05) is 39.8 Å². The Morgan fingerprint density at radius 2 is 1.77 bits per heavy atom. The Hall–Kier alpha value is -2.44. The first-order valence-corrected chi connectivity index (χ1v) is 8.92. The minimum absolute atomic E-state index is 0.100. The highest BCUT2D eigenvalue weighted by Gasteiger charge is 2.27. The molecule has 0 saturated carbocycles. The van der Waals surface area contributed by atoms with Gasteiger partial charge in [-0.1, -0.05) is 12.1 Å². The van der Waals surface area contributed by atoms with Gasteiger partial charge in [0.25, 0.3) is 0 Å². The number of urea groups is 1. The number of nitrogens with zero attached hydrogens (tertiary/aromatic N) is 2. The van der Waals surface area contributed by atoms with Crippen LogP contribution in [0.25, 0.3) is 0 Å². The second kappa shape index (κ2) is 8.78. The second-order valence-corrected chi connectivity index (χ2v) is 7.29. The first kappa shape index (κ1) is 19.9. The Bertz CT molecular complexity index is 619. The monoisotopic (exact) mass is 363 g/mol. The lowest BCUT2D eigenvalue weighted by Crippen LogP contribution is -2.54. The van der Waals surface area contributed by atoms with Gasteiger partial charge < -0.3 is 24.6 Å². The molecule has 0 radical (unpaired) electrons. The summed E-state index contributed by atoms with van der Waals surface area (Å²) in [6.07, 6.45) is 0.413. The predicted octanol–water partition coefficient (Wildman–Crippen LogP) is 2.50. The molecule has 1 N–H and O–H groups in total. The van der Waals surface area contributed by atoms with E-state index in [2.05, 4.69) is 5.32 Å². The van der Waals surface area contributed by atoms with Crippen LogP contribution in [0.2, 0.25) is 0 Å². The number of hydrogen-bond donors (Lipinski definition) is 1. The quantitative estimate of drug-likeness (QED) is 0.892. The van der Waals surface area contributed by atoms with E-state index in [0.29, 0.717) is 32.7 Å². The molecule has 1 fully saturated rings. The van der Waals surface area contributed by atoms with Crippen molar-refractivity contribution in [1.29, 1.82) is 0 Å². The number of carbonyl (C=O) groups is 2. The Morgan fingerprint density at radius 1 is 1.12 bits per heavy atom. The zero-order valence-electron chi connectivity index (χ0n) is 16.1. The van der Waals surface area contributed by atoms with Crippen LogP contribution in [0.15, 0.2) is 24.3 Å². The van der Waals surface area contributed by atoms with Crippen molar-refractivity contribution in [2.24, 2.45) is 0 Å². The van der Waals surface area contributed by atoms with Crippen molar-refractivity contribution < 1.29 is 19.1 Å². The van der Waals surface area contributed by atoms with E-state index in [1.54, 1.807) is 16.9 Å². The summed E-state index contributed by atoms with van der Waals surface area (Å²) in [6, 6.07) is 7.70. The average molecular weight is 363 g/mol. The summed E-state index contributed by atoms with van der Waals surface area (Å²) in [7, 11) is 1.64. The summed E-state index contributed by atoms with van der Waals surface area (Å²) in [6.45, 7) is 8.06. The van der Waals surface area contributed by atoms with Gasteiger partial charge in [-0.3, -0.25) is 0 Å². The molecule has 26 heavy (non-hydrogen) atoms. The van der Waals surface area contributed by atoms with Crippen LogP contribution in [0.4, 0.5) is 9.59 Å². The molecule has 0 aromatic heterocycles. The standard InChI is InChI=1S/C19H29N3O4/c1-19(2,3)26-18(24)22-12-10-21(11-13-22)17(23)20-9-8-15-6-5-7-16(14-15)25-4/h5-7,14H,8-13H2,1-4H3,(H,20,23). The van der Waals surface area contributed by atoms with Crippen LogP contribution in [0.1, 0.15) is 26.3 Å². The van der Waals surface area contributed by atoms with Crippen LogP contribution in [0, 0.1) is 0 Å². The lowest BCUT2D eigenvalue weighted by atomic mass is 10.1. The first-order valence-electron chi connectivity index (χ1n) is 8.92. The topological polar surface area (TPSA) is 71.1 Å². The van der Waals surface area contributed by atoms with Crippen LogP contribution in [-0.4, -0.2) is 67.4 Å². The number of piperazine rings is 1. The first-order chi connectivity index (χ1) is 12.3. The van der Waals surface area contributed by atoms with Gasteiger partial charge in [0, 0.05) is 32.7 Å². The van der Waals surface area contributed by atoms with Crippen molar-refractivity contribution in [3.05, 3.63) is 29.8 Å². The van der Waals surface area contributed by atoms with Crippen LogP contribution >= 0.6 is 0 Å². The SMILES string of the molecule is COc1cccc(CCNC(=O)N2CCN(C(=O)OC(C)(C)C)CC2)c1. The molecule has 144 valence electrons. The van der Waals surface area contributed by atoms with Crippen molar-refractivity contribution in [3.63, 3.8) is 0 Å². The highest BCUT2D eigenvalue weighted by molar-refractivity contribution is 5.75. The Morgan fingerprint density at radius 3 is 2.38 bits per heavy atom. The van der Waals surface area contributed by atoms with Gasteiger partial charge in [-0.25, -0.2) is 9.59 Å². The second-order valence-electron chi connectivity index (χ2n) is 7.29. The number of benzene rings is 1. The molecule has 0 atom stereocenters. The van der Waals surface area contributed by atoms with Crippen LogP contribution in [0.3, 0.4) is 0 Å². The maximum atomic E-state index is 12.3. The number of rotatable bonds is 4. The summed E-state index contributed by atoms with van der Waals surface area (Å²) in [5, 5.41) is 2.93. The summed E-state index contributed by atoms with van der Waals surface area (Å²) in [5.74, 6) is 0.812. The molecule has 0 bridgehead atoms. The van der Waals surface area contributed by atoms with E-state index in [4.69, 9.17) is 9.47 Å². The number of hydrogen-bond acceptors (Lipinski definition) is 4. The van der Waals surface area contributed by atoms with E-state index in [1.165, 1.54) is 0 Å². The number of ether oxygens (including phenoxy) is 2. The van der Waals surface area contributed by atoms with Crippen molar-refractivity contribution in [2.45, 2.75) is 32.8 Å². The van der Waals surface area contributed by atoms with E-state index in [1.807, 2.05) is 45.0 Å². The third-order valence-electron chi connectivity index (χ3n) is 4.04. The fourth-order valence-corrected chi connectivity index (χ4v) is 2.67. The van der Waals surface area contributed by atoms with E-state index in [-0.39, 0.29) is 12.1 Å². The van der Waals surface area contributed by atoms with E-state index < -0.39 is 5.60 Å². The molecular formula is C19H29N3O4. The molecule has 1 saturated heterocycles. The molecule has 0 spiro atoms. The third-order valence-corrected chi connectivity index (χ3v) is 4.04. The summed E-state index contributed by atoms with van der Waals surface area (Å²) < 4.78 is 10.6. The zero-order chi connectivity index (χ0) is 19.2. The van der Waals surface area contributed by atoms with Gasteiger partial charge in [0.2, 0.25) is 0 Å². The minimum Gasteiger partial charge on any atom is -0.497 e. The molecule has 0 aliphatic carbocycles. The molecule has 0 unspecified atom stereocenters. The number of carbonyl (C=O) groups excluding carboxylic acids is 2. The molecule has 1 heterocycles. The Balaban J connectivity index is 1.72.